The first-order chi connectivity index (χ1) is 14.2. The molecule has 154 valence electrons. The van der Waals surface area contributed by atoms with Gasteiger partial charge >= 0.3 is 0 Å². The Hall–Kier alpha value is -2.58. The average Bonchev–Trinajstić information content (AvgIpc) is 3.22. The van der Waals surface area contributed by atoms with Gasteiger partial charge in [0.15, 0.2) is 11.5 Å². The number of β-amino-alcohol motifs (C(OH)–C–C–N with tert-alkyl or cyclic N) is 1. The summed E-state index contributed by atoms with van der Waals surface area (Å²) in [5.41, 5.74) is 1.07. The van der Waals surface area contributed by atoms with Crippen molar-refractivity contribution in [2.75, 3.05) is 42.8 Å². The highest BCUT2D eigenvalue weighted by Crippen LogP contribution is 2.38. The lowest BCUT2D eigenvalue weighted by molar-refractivity contribution is 0.129. The maximum absolute atomic E-state index is 10.8. The first-order valence-corrected chi connectivity index (χ1v) is 10.3. The lowest BCUT2D eigenvalue weighted by Gasteiger charge is -2.37. The van der Waals surface area contributed by atoms with Crippen LogP contribution in [0.4, 0.5) is 11.8 Å². The van der Waals surface area contributed by atoms with Gasteiger partial charge in [-0.05, 0) is 43.0 Å². The molecule has 0 unspecified atom stereocenters. The molecule has 8 heteroatoms. The fraction of sp³-hybridized carbons (Fsp3) is 0.524. The second-order valence-corrected chi connectivity index (χ2v) is 7.95. The molecule has 0 amide bonds. The maximum Gasteiger partial charge on any atom is 0.231 e. The molecule has 1 aromatic heterocycles. The Morgan fingerprint density at radius 1 is 0.931 bits per heavy atom. The van der Waals surface area contributed by atoms with Gasteiger partial charge in [0.25, 0.3) is 0 Å². The first kappa shape index (κ1) is 18.4. The number of nitrogens with zero attached hydrogens (tertiary/aromatic N) is 4. The minimum Gasteiger partial charge on any atom is -0.454 e. The fourth-order valence-corrected chi connectivity index (χ4v) is 4.41. The summed E-state index contributed by atoms with van der Waals surface area (Å²) in [4.78, 5) is 13.4. The van der Waals surface area contributed by atoms with Crippen LogP contribution in [0, 0.1) is 0 Å². The van der Waals surface area contributed by atoms with Gasteiger partial charge in [0.05, 0.1) is 12.2 Å². The molecule has 0 spiro atoms. The van der Waals surface area contributed by atoms with Crippen LogP contribution in [0.1, 0.15) is 30.7 Å². The largest absolute Gasteiger partial charge is 0.454 e. The van der Waals surface area contributed by atoms with Crippen LogP contribution >= 0.6 is 0 Å². The quantitative estimate of drug-likeness (QED) is 0.804. The smallest absolute Gasteiger partial charge is 0.231 e. The van der Waals surface area contributed by atoms with Crippen molar-refractivity contribution in [3.05, 3.63) is 36.0 Å². The predicted molar refractivity (Wildman–Crippen MR) is 108 cm³/mol. The molecule has 0 aliphatic carbocycles. The Balaban J connectivity index is 1.28. The number of hydrogen-bond acceptors (Lipinski definition) is 8. The van der Waals surface area contributed by atoms with Gasteiger partial charge in [-0.1, -0.05) is 6.07 Å². The van der Waals surface area contributed by atoms with E-state index < -0.39 is 6.10 Å². The molecule has 4 heterocycles. The van der Waals surface area contributed by atoms with Crippen molar-refractivity contribution < 1.29 is 19.7 Å². The number of piperidine rings is 2. The van der Waals surface area contributed by atoms with E-state index in [1.54, 1.807) is 6.20 Å². The van der Waals surface area contributed by atoms with E-state index in [2.05, 4.69) is 14.8 Å². The number of aliphatic hydroxyl groups excluding tert-OH is 2. The minimum atomic E-state index is -0.512. The van der Waals surface area contributed by atoms with Crippen molar-refractivity contribution >= 4 is 11.8 Å². The zero-order chi connectivity index (χ0) is 19.8. The summed E-state index contributed by atoms with van der Waals surface area (Å²) in [5.74, 6) is 3.09. The molecule has 0 bridgehead atoms. The average molecular weight is 398 g/mol. The molecule has 29 heavy (non-hydrogen) atoms. The van der Waals surface area contributed by atoms with Crippen molar-refractivity contribution in [3.8, 4) is 11.5 Å². The summed E-state index contributed by atoms with van der Waals surface area (Å²) in [5, 5.41) is 20.6. The van der Waals surface area contributed by atoms with Crippen LogP contribution in [0.2, 0.25) is 0 Å². The van der Waals surface area contributed by atoms with E-state index in [-0.39, 0.29) is 18.8 Å². The molecule has 2 saturated heterocycles. The van der Waals surface area contributed by atoms with E-state index in [4.69, 9.17) is 14.5 Å². The van der Waals surface area contributed by atoms with Crippen LogP contribution < -0.4 is 19.3 Å². The topological polar surface area (TPSA) is 91.2 Å². The molecule has 2 atom stereocenters. The van der Waals surface area contributed by atoms with Gasteiger partial charge in [0.1, 0.15) is 5.82 Å². The molecule has 0 saturated carbocycles. The lowest BCUT2D eigenvalue weighted by Crippen LogP contribution is -2.44. The molecule has 2 N–H and O–H groups in total. The number of aromatic nitrogens is 2. The van der Waals surface area contributed by atoms with E-state index in [1.807, 2.05) is 24.3 Å². The van der Waals surface area contributed by atoms with Gasteiger partial charge in [-0.3, -0.25) is 0 Å². The van der Waals surface area contributed by atoms with Gasteiger partial charge in [-0.25, -0.2) is 4.98 Å². The van der Waals surface area contributed by atoms with Gasteiger partial charge in [-0.15, -0.1) is 0 Å². The van der Waals surface area contributed by atoms with E-state index >= 15 is 0 Å². The minimum absolute atomic E-state index is 0.0486. The van der Waals surface area contributed by atoms with Crippen LogP contribution in [-0.2, 0) is 0 Å². The number of ether oxygens (including phenoxy) is 2. The normalized spacial score (nSPS) is 24.8. The number of anilines is 2. The second kappa shape index (κ2) is 7.68. The third kappa shape index (κ3) is 3.70. The van der Waals surface area contributed by atoms with Gasteiger partial charge in [0, 0.05) is 38.3 Å². The van der Waals surface area contributed by atoms with Crippen molar-refractivity contribution in [1.82, 2.24) is 9.97 Å². The molecule has 2 aromatic rings. The molecule has 3 aliphatic heterocycles. The number of fused-ring (bicyclic) bond motifs is 1. The summed E-state index contributed by atoms with van der Waals surface area (Å²) in [6.07, 6.45) is 3.39. The molecular formula is C21H26N4O4. The Morgan fingerprint density at radius 2 is 1.72 bits per heavy atom. The summed E-state index contributed by atoms with van der Waals surface area (Å²) in [6, 6.07) is 7.82. The molecule has 8 nitrogen and oxygen atoms in total. The Morgan fingerprint density at radius 3 is 2.55 bits per heavy atom. The number of hydrogen-bond donors (Lipinski definition) is 2. The fourth-order valence-electron chi connectivity index (χ4n) is 4.41. The standard InChI is InChI=1S/C21H26N4O4/c26-15-4-8-24(9-5-15)20-3-7-22-21(23-20)25-10-6-16(17(27)12-25)14-1-2-18-19(11-14)29-13-28-18/h1-3,7,11,15-17,26-27H,4-6,8-10,12-13H2/t16-,17+/m0/s1. The van der Waals surface area contributed by atoms with E-state index in [0.29, 0.717) is 12.5 Å². The third-order valence-electron chi connectivity index (χ3n) is 6.11. The number of benzene rings is 1. The Labute approximate surface area is 169 Å². The SMILES string of the molecule is OC1CCN(c2ccnc(N3CC[C@@H](c4ccc5c(c4)OCO5)[C@H](O)C3)n2)CC1. The second-order valence-electron chi connectivity index (χ2n) is 7.95. The zero-order valence-corrected chi connectivity index (χ0v) is 16.3. The lowest BCUT2D eigenvalue weighted by atomic mass is 9.87. The van der Waals surface area contributed by atoms with Crippen LogP contribution in [0.3, 0.4) is 0 Å². The van der Waals surface area contributed by atoms with Crippen molar-refractivity contribution in [2.45, 2.75) is 37.4 Å². The highest BCUT2D eigenvalue weighted by Gasteiger charge is 2.31. The first-order valence-electron chi connectivity index (χ1n) is 10.3. The van der Waals surface area contributed by atoms with Crippen molar-refractivity contribution in [2.24, 2.45) is 0 Å². The van der Waals surface area contributed by atoms with Crippen LogP contribution in [0.5, 0.6) is 11.5 Å². The van der Waals surface area contributed by atoms with Gasteiger partial charge in [-0.2, -0.15) is 4.98 Å². The van der Waals surface area contributed by atoms with E-state index in [1.165, 1.54) is 0 Å². The van der Waals surface area contributed by atoms with E-state index in [9.17, 15) is 10.2 Å². The predicted octanol–water partition coefficient (Wildman–Crippen LogP) is 1.52. The Kier molecular flexibility index (Phi) is 4.89. The Bertz CT molecular complexity index is 872. The molecular weight excluding hydrogens is 372 g/mol. The van der Waals surface area contributed by atoms with Crippen molar-refractivity contribution in [1.29, 1.82) is 0 Å². The summed E-state index contributed by atoms with van der Waals surface area (Å²) < 4.78 is 10.9. The van der Waals surface area contributed by atoms with E-state index in [0.717, 1.165) is 61.8 Å². The molecule has 0 radical (unpaired) electrons. The molecule has 5 rings (SSSR count). The maximum atomic E-state index is 10.8. The van der Waals surface area contributed by atoms with Gasteiger partial charge < -0.3 is 29.5 Å². The molecule has 2 fully saturated rings. The molecule has 1 aromatic carbocycles. The highest BCUT2D eigenvalue weighted by molar-refractivity contribution is 5.47. The van der Waals surface area contributed by atoms with Crippen molar-refractivity contribution in [3.63, 3.8) is 0 Å². The van der Waals surface area contributed by atoms with Crippen LogP contribution in [0.15, 0.2) is 30.5 Å². The molecule has 3 aliphatic rings. The third-order valence-corrected chi connectivity index (χ3v) is 6.11. The van der Waals surface area contributed by atoms with Crippen LogP contribution in [0.25, 0.3) is 0 Å². The summed E-state index contributed by atoms with van der Waals surface area (Å²) >= 11 is 0. The highest BCUT2D eigenvalue weighted by atomic mass is 16.7. The monoisotopic (exact) mass is 398 g/mol. The van der Waals surface area contributed by atoms with Gasteiger partial charge in [0.2, 0.25) is 12.7 Å². The summed E-state index contributed by atoms with van der Waals surface area (Å²) in [6.45, 7) is 3.11. The number of aliphatic hydroxyl groups is 2. The summed E-state index contributed by atoms with van der Waals surface area (Å²) in [7, 11) is 0. The number of rotatable bonds is 3. The zero-order valence-electron chi connectivity index (χ0n) is 16.3. The van der Waals surface area contributed by atoms with Crippen LogP contribution in [-0.4, -0.2) is 65.4 Å².